The van der Waals surface area contributed by atoms with E-state index in [2.05, 4.69) is 17.4 Å². The molecule has 0 saturated carbocycles. The Labute approximate surface area is 128 Å². The molecule has 0 aromatic heterocycles. The Morgan fingerprint density at radius 1 is 1.33 bits per heavy atom. The van der Waals surface area contributed by atoms with Crippen LogP contribution in [0.4, 0.5) is 0 Å². The van der Waals surface area contributed by atoms with Crippen LogP contribution in [0.5, 0.6) is 0 Å². The smallest absolute Gasteiger partial charge is 0.244 e. The Balaban J connectivity index is 2.51. The third kappa shape index (κ3) is 6.58. The summed E-state index contributed by atoms with van der Waals surface area (Å²) in [5.74, 6) is -0.0710. The molecular formula is C18H27NO2. The molecule has 1 unspecified atom stereocenters. The van der Waals surface area contributed by atoms with Gasteiger partial charge in [-0.15, -0.1) is 0 Å². The molecule has 0 bridgehead atoms. The molecule has 0 fully saturated rings. The zero-order valence-electron chi connectivity index (χ0n) is 13.4. The molecule has 0 heterocycles. The highest BCUT2D eigenvalue weighted by Crippen LogP contribution is 2.14. The number of aryl methyl sites for hydroxylation is 1. The lowest BCUT2D eigenvalue weighted by Crippen LogP contribution is -2.45. The Bertz CT molecular complexity index is 467. The Morgan fingerprint density at radius 2 is 2.00 bits per heavy atom. The maximum Gasteiger partial charge on any atom is 0.244 e. The fraction of sp³-hybridized carbons (Fsp3) is 0.500. The fourth-order valence-corrected chi connectivity index (χ4v) is 2.19. The first-order valence-corrected chi connectivity index (χ1v) is 7.63. The van der Waals surface area contributed by atoms with E-state index in [1.807, 2.05) is 39.0 Å². The van der Waals surface area contributed by atoms with Crippen LogP contribution in [0.15, 0.2) is 42.0 Å². The number of rotatable bonds is 8. The summed E-state index contributed by atoms with van der Waals surface area (Å²) in [4.78, 5) is 12.0. The molecular weight excluding hydrogens is 262 g/mol. The quantitative estimate of drug-likeness (QED) is 0.722. The molecule has 0 spiro atoms. The molecule has 3 heteroatoms. The normalized spacial score (nSPS) is 14.6. The van der Waals surface area contributed by atoms with E-state index in [9.17, 15) is 4.79 Å². The fourth-order valence-electron chi connectivity index (χ4n) is 2.19. The second-order valence-corrected chi connectivity index (χ2v) is 5.85. The van der Waals surface area contributed by atoms with Crippen molar-refractivity contribution >= 4 is 5.91 Å². The van der Waals surface area contributed by atoms with Gasteiger partial charge in [-0.2, -0.15) is 0 Å². The largest absolute Gasteiger partial charge is 0.396 e. The number of hydrogen-bond donors (Lipinski definition) is 2. The molecule has 1 aromatic carbocycles. The molecule has 3 nitrogen and oxygen atoms in total. The minimum Gasteiger partial charge on any atom is -0.396 e. The number of hydrogen-bond acceptors (Lipinski definition) is 2. The number of nitrogens with one attached hydrogen (secondary N) is 1. The monoisotopic (exact) mass is 289 g/mol. The predicted molar refractivity (Wildman–Crippen MR) is 87.1 cm³/mol. The van der Waals surface area contributed by atoms with Gasteiger partial charge in [0.05, 0.1) is 0 Å². The number of aliphatic hydroxyl groups excluding tert-OH is 1. The van der Waals surface area contributed by atoms with Crippen molar-refractivity contribution in [3.05, 3.63) is 47.5 Å². The maximum absolute atomic E-state index is 12.0. The van der Waals surface area contributed by atoms with Crippen LogP contribution < -0.4 is 5.32 Å². The molecule has 0 aliphatic carbocycles. The number of aliphatic hydroxyl groups is 1. The zero-order chi connectivity index (χ0) is 15.7. The first kappa shape index (κ1) is 17.4. The van der Waals surface area contributed by atoms with Crippen molar-refractivity contribution in [3.8, 4) is 0 Å². The van der Waals surface area contributed by atoms with Gasteiger partial charge in [0.1, 0.15) is 0 Å². The third-order valence-corrected chi connectivity index (χ3v) is 3.90. The average Bonchev–Trinajstić information content (AvgIpc) is 2.46. The summed E-state index contributed by atoms with van der Waals surface area (Å²) in [5.41, 5.74) is 2.02. The second kappa shape index (κ2) is 8.63. The number of amides is 1. The van der Waals surface area contributed by atoms with Gasteiger partial charge >= 0.3 is 0 Å². The van der Waals surface area contributed by atoms with Gasteiger partial charge in [-0.05, 0) is 45.1 Å². The Kier molecular flexibility index (Phi) is 7.17. The lowest BCUT2D eigenvalue weighted by molar-refractivity contribution is -0.118. The van der Waals surface area contributed by atoms with E-state index in [0.29, 0.717) is 6.42 Å². The molecule has 116 valence electrons. The van der Waals surface area contributed by atoms with Gasteiger partial charge in [0.25, 0.3) is 0 Å². The zero-order valence-corrected chi connectivity index (χ0v) is 13.4. The molecule has 0 aliphatic heterocycles. The summed E-state index contributed by atoms with van der Waals surface area (Å²) in [5, 5.41) is 12.1. The highest BCUT2D eigenvalue weighted by molar-refractivity contribution is 5.88. The summed E-state index contributed by atoms with van der Waals surface area (Å²) in [6, 6.07) is 10.3. The van der Waals surface area contributed by atoms with E-state index in [1.54, 1.807) is 6.08 Å². The van der Waals surface area contributed by atoms with Gasteiger partial charge in [-0.1, -0.05) is 42.8 Å². The van der Waals surface area contributed by atoms with E-state index in [0.717, 1.165) is 24.8 Å². The van der Waals surface area contributed by atoms with Crippen molar-refractivity contribution in [2.24, 2.45) is 0 Å². The summed E-state index contributed by atoms with van der Waals surface area (Å²) < 4.78 is 0. The molecule has 1 aromatic rings. The van der Waals surface area contributed by atoms with Crippen LogP contribution in [0.3, 0.4) is 0 Å². The summed E-state index contributed by atoms with van der Waals surface area (Å²) in [7, 11) is 0. The van der Waals surface area contributed by atoms with E-state index in [4.69, 9.17) is 5.11 Å². The van der Waals surface area contributed by atoms with Crippen molar-refractivity contribution in [3.63, 3.8) is 0 Å². The van der Waals surface area contributed by atoms with Crippen LogP contribution >= 0.6 is 0 Å². The standard InChI is InChI=1S/C18H27NO2/c1-4-18(3,12-13-20)19-17(21)14-15(2)10-11-16-8-6-5-7-9-16/h5-9,14,20H,4,10-13H2,1-3H3,(H,19,21)/b15-14-. The van der Waals surface area contributed by atoms with Crippen molar-refractivity contribution in [2.75, 3.05) is 6.61 Å². The van der Waals surface area contributed by atoms with Crippen molar-refractivity contribution in [1.29, 1.82) is 0 Å². The van der Waals surface area contributed by atoms with Gasteiger partial charge in [0.15, 0.2) is 0 Å². The first-order chi connectivity index (χ1) is 9.99. The molecule has 0 saturated heterocycles. The number of benzene rings is 1. The van der Waals surface area contributed by atoms with Gasteiger partial charge in [-0.25, -0.2) is 0 Å². The lowest BCUT2D eigenvalue weighted by atomic mass is 9.94. The second-order valence-electron chi connectivity index (χ2n) is 5.85. The van der Waals surface area contributed by atoms with Crippen LogP contribution in [0.25, 0.3) is 0 Å². The Morgan fingerprint density at radius 3 is 2.57 bits per heavy atom. The number of carbonyl (C=O) groups excluding carboxylic acids is 1. The van der Waals surface area contributed by atoms with Crippen LogP contribution in [0, 0.1) is 0 Å². The average molecular weight is 289 g/mol. The number of carbonyl (C=O) groups is 1. The molecule has 0 aliphatic rings. The molecule has 2 N–H and O–H groups in total. The molecule has 1 amide bonds. The van der Waals surface area contributed by atoms with Gasteiger partial charge < -0.3 is 10.4 Å². The SMILES string of the molecule is CCC(C)(CCO)NC(=O)/C=C(/C)CCc1ccccc1. The first-order valence-electron chi connectivity index (χ1n) is 7.63. The van der Waals surface area contributed by atoms with Crippen LogP contribution in [0.2, 0.25) is 0 Å². The van der Waals surface area contributed by atoms with Crippen molar-refractivity contribution < 1.29 is 9.90 Å². The van der Waals surface area contributed by atoms with E-state index < -0.39 is 0 Å². The van der Waals surface area contributed by atoms with Gasteiger partial charge in [-0.3, -0.25) is 4.79 Å². The Hall–Kier alpha value is -1.61. The topological polar surface area (TPSA) is 49.3 Å². The molecule has 0 radical (unpaired) electrons. The van der Waals surface area contributed by atoms with Crippen LogP contribution in [-0.2, 0) is 11.2 Å². The minimum atomic E-state index is -0.331. The van der Waals surface area contributed by atoms with Crippen LogP contribution in [0.1, 0.15) is 45.6 Å². The van der Waals surface area contributed by atoms with Crippen molar-refractivity contribution in [2.45, 2.75) is 52.0 Å². The highest BCUT2D eigenvalue weighted by Gasteiger charge is 2.22. The minimum absolute atomic E-state index is 0.0710. The van der Waals surface area contributed by atoms with E-state index in [-0.39, 0.29) is 18.1 Å². The highest BCUT2D eigenvalue weighted by atomic mass is 16.3. The van der Waals surface area contributed by atoms with Crippen molar-refractivity contribution in [1.82, 2.24) is 5.32 Å². The van der Waals surface area contributed by atoms with E-state index >= 15 is 0 Å². The summed E-state index contributed by atoms with van der Waals surface area (Å²) in [6.45, 7) is 6.05. The maximum atomic E-state index is 12.0. The van der Waals surface area contributed by atoms with Gasteiger partial charge in [0, 0.05) is 18.2 Å². The number of allylic oxidation sites excluding steroid dienone is 1. The lowest BCUT2D eigenvalue weighted by Gasteiger charge is -2.28. The van der Waals surface area contributed by atoms with E-state index in [1.165, 1.54) is 5.56 Å². The molecule has 21 heavy (non-hydrogen) atoms. The molecule has 1 atom stereocenters. The predicted octanol–water partition coefficient (Wildman–Crippen LogP) is 3.23. The third-order valence-electron chi connectivity index (χ3n) is 3.90. The summed E-state index contributed by atoms with van der Waals surface area (Å²) in [6.07, 6.45) is 4.87. The molecule has 1 rings (SSSR count). The van der Waals surface area contributed by atoms with Gasteiger partial charge in [0.2, 0.25) is 5.91 Å². The summed E-state index contributed by atoms with van der Waals surface area (Å²) >= 11 is 0. The van der Waals surface area contributed by atoms with Crippen LogP contribution in [-0.4, -0.2) is 23.2 Å².